The summed E-state index contributed by atoms with van der Waals surface area (Å²) in [6.07, 6.45) is 0.141. The van der Waals surface area contributed by atoms with Crippen LogP contribution in [0.25, 0.3) is 0 Å². The van der Waals surface area contributed by atoms with Crippen LogP contribution in [0.3, 0.4) is 0 Å². The summed E-state index contributed by atoms with van der Waals surface area (Å²) in [5.74, 6) is -0.769. The summed E-state index contributed by atoms with van der Waals surface area (Å²) in [5.41, 5.74) is 0. The van der Waals surface area contributed by atoms with Crippen molar-refractivity contribution in [3.8, 4) is 0 Å². The molecule has 0 saturated carbocycles. The van der Waals surface area contributed by atoms with Gasteiger partial charge in [-0.05, 0) is 6.92 Å². The van der Waals surface area contributed by atoms with Gasteiger partial charge in [-0.15, -0.1) is 0 Å². The normalized spacial score (nSPS) is 11.9. The zero-order valence-corrected chi connectivity index (χ0v) is 7.72. The SMILES string of the molecule is CCNC(=O)C(C)CC(=O)OC. The summed E-state index contributed by atoms with van der Waals surface area (Å²) in [7, 11) is 1.31. The molecule has 70 valence electrons. The van der Waals surface area contributed by atoms with Gasteiger partial charge in [-0.2, -0.15) is 0 Å². The third-order valence-corrected chi connectivity index (χ3v) is 1.50. The van der Waals surface area contributed by atoms with E-state index < -0.39 is 0 Å². The average molecular weight is 173 g/mol. The number of hydrogen-bond acceptors (Lipinski definition) is 3. The van der Waals surface area contributed by atoms with Crippen LogP contribution in [-0.4, -0.2) is 25.5 Å². The molecule has 0 radical (unpaired) electrons. The molecular weight excluding hydrogens is 158 g/mol. The van der Waals surface area contributed by atoms with Crippen molar-refractivity contribution >= 4 is 11.9 Å². The van der Waals surface area contributed by atoms with Crippen molar-refractivity contribution in [3.63, 3.8) is 0 Å². The number of hydrogen-bond donors (Lipinski definition) is 1. The topological polar surface area (TPSA) is 55.4 Å². The molecule has 0 aromatic rings. The van der Waals surface area contributed by atoms with Gasteiger partial charge in [-0.3, -0.25) is 9.59 Å². The van der Waals surface area contributed by atoms with Crippen LogP contribution in [0.1, 0.15) is 20.3 Å². The Kier molecular flexibility index (Phi) is 5.08. The summed E-state index contributed by atoms with van der Waals surface area (Å²) < 4.78 is 4.43. The van der Waals surface area contributed by atoms with Crippen molar-refractivity contribution in [3.05, 3.63) is 0 Å². The van der Waals surface area contributed by atoms with E-state index in [-0.39, 0.29) is 24.2 Å². The van der Waals surface area contributed by atoms with E-state index in [1.54, 1.807) is 6.92 Å². The van der Waals surface area contributed by atoms with Crippen LogP contribution in [0.15, 0.2) is 0 Å². The molecule has 0 heterocycles. The fourth-order valence-corrected chi connectivity index (χ4v) is 0.774. The fourth-order valence-electron chi connectivity index (χ4n) is 0.774. The summed E-state index contributed by atoms with van der Waals surface area (Å²) in [6, 6.07) is 0. The highest BCUT2D eigenvalue weighted by Crippen LogP contribution is 2.02. The van der Waals surface area contributed by atoms with Gasteiger partial charge in [0.05, 0.1) is 13.5 Å². The van der Waals surface area contributed by atoms with E-state index in [1.807, 2.05) is 6.92 Å². The zero-order valence-electron chi connectivity index (χ0n) is 7.72. The molecule has 4 nitrogen and oxygen atoms in total. The molecule has 0 aliphatic rings. The summed E-state index contributed by atoms with van der Waals surface area (Å²) >= 11 is 0. The van der Waals surface area contributed by atoms with Crippen molar-refractivity contribution in [2.24, 2.45) is 5.92 Å². The lowest BCUT2D eigenvalue weighted by molar-refractivity contribution is -0.143. The monoisotopic (exact) mass is 173 g/mol. The number of nitrogens with one attached hydrogen (secondary N) is 1. The predicted octanol–water partition coefficient (Wildman–Crippen LogP) is 0.322. The van der Waals surface area contributed by atoms with Gasteiger partial charge in [-0.1, -0.05) is 6.92 Å². The molecule has 1 atom stereocenters. The van der Waals surface area contributed by atoms with E-state index in [0.29, 0.717) is 6.54 Å². The third kappa shape index (κ3) is 3.95. The second kappa shape index (κ2) is 5.57. The molecule has 1 unspecified atom stereocenters. The largest absolute Gasteiger partial charge is 0.469 e. The molecule has 0 aliphatic carbocycles. The molecule has 0 saturated heterocycles. The Morgan fingerprint density at radius 3 is 2.50 bits per heavy atom. The minimum atomic E-state index is -0.353. The standard InChI is InChI=1S/C8H15NO3/c1-4-9-8(11)6(2)5-7(10)12-3/h6H,4-5H2,1-3H3,(H,9,11). The summed E-state index contributed by atoms with van der Waals surface area (Å²) in [4.78, 5) is 21.8. The van der Waals surface area contributed by atoms with Crippen LogP contribution in [-0.2, 0) is 14.3 Å². The van der Waals surface area contributed by atoms with Crippen molar-refractivity contribution in [1.29, 1.82) is 0 Å². The van der Waals surface area contributed by atoms with Crippen LogP contribution in [0.5, 0.6) is 0 Å². The molecule has 0 aliphatic heterocycles. The first-order valence-corrected chi connectivity index (χ1v) is 3.96. The van der Waals surface area contributed by atoms with Gasteiger partial charge < -0.3 is 10.1 Å². The Bertz CT molecular complexity index is 168. The first-order chi connectivity index (χ1) is 5.61. The molecule has 0 bridgehead atoms. The van der Waals surface area contributed by atoms with E-state index >= 15 is 0 Å². The summed E-state index contributed by atoms with van der Waals surface area (Å²) in [6.45, 7) is 4.12. The smallest absolute Gasteiger partial charge is 0.306 e. The quantitative estimate of drug-likeness (QED) is 0.623. The number of methoxy groups -OCH3 is 1. The number of esters is 1. The maximum atomic E-state index is 11.1. The van der Waals surface area contributed by atoms with Crippen LogP contribution in [0, 0.1) is 5.92 Å². The molecule has 1 amide bonds. The Morgan fingerprint density at radius 2 is 2.08 bits per heavy atom. The average Bonchev–Trinajstić information content (AvgIpc) is 2.04. The van der Waals surface area contributed by atoms with Gasteiger partial charge in [0.1, 0.15) is 0 Å². The fraction of sp³-hybridized carbons (Fsp3) is 0.750. The minimum Gasteiger partial charge on any atom is -0.469 e. The zero-order chi connectivity index (χ0) is 9.56. The highest BCUT2D eigenvalue weighted by atomic mass is 16.5. The van der Waals surface area contributed by atoms with E-state index in [2.05, 4.69) is 10.1 Å². The summed E-state index contributed by atoms with van der Waals surface area (Å²) in [5, 5.41) is 2.63. The van der Waals surface area contributed by atoms with Crippen molar-refractivity contribution < 1.29 is 14.3 Å². The van der Waals surface area contributed by atoms with Crippen molar-refractivity contribution in [1.82, 2.24) is 5.32 Å². The molecular formula is C8H15NO3. The van der Waals surface area contributed by atoms with Gasteiger partial charge >= 0.3 is 5.97 Å². The van der Waals surface area contributed by atoms with E-state index in [4.69, 9.17) is 0 Å². The maximum Gasteiger partial charge on any atom is 0.306 e. The number of carbonyl (C=O) groups is 2. The van der Waals surface area contributed by atoms with Crippen molar-refractivity contribution in [2.75, 3.05) is 13.7 Å². The molecule has 12 heavy (non-hydrogen) atoms. The van der Waals surface area contributed by atoms with Crippen LogP contribution in [0.4, 0.5) is 0 Å². The van der Waals surface area contributed by atoms with Crippen LogP contribution < -0.4 is 5.32 Å². The van der Waals surface area contributed by atoms with Crippen LogP contribution >= 0.6 is 0 Å². The predicted molar refractivity (Wildman–Crippen MR) is 44.5 cm³/mol. The van der Waals surface area contributed by atoms with Gasteiger partial charge in [-0.25, -0.2) is 0 Å². The van der Waals surface area contributed by atoms with Gasteiger partial charge in [0.2, 0.25) is 5.91 Å². The van der Waals surface area contributed by atoms with Crippen molar-refractivity contribution in [2.45, 2.75) is 20.3 Å². The lowest BCUT2D eigenvalue weighted by Gasteiger charge is -2.08. The van der Waals surface area contributed by atoms with Crippen LogP contribution in [0.2, 0.25) is 0 Å². The molecule has 0 rings (SSSR count). The first kappa shape index (κ1) is 10.9. The van der Waals surface area contributed by atoms with E-state index in [1.165, 1.54) is 7.11 Å². The molecule has 4 heteroatoms. The Hall–Kier alpha value is -1.06. The second-order valence-corrected chi connectivity index (χ2v) is 2.58. The Morgan fingerprint density at radius 1 is 1.50 bits per heavy atom. The second-order valence-electron chi connectivity index (χ2n) is 2.58. The highest BCUT2D eigenvalue weighted by Gasteiger charge is 2.15. The van der Waals surface area contributed by atoms with Gasteiger partial charge in [0.15, 0.2) is 0 Å². The third-order valence-electron chi connectivity index (χ3n) is 1.50. The minimum absolute atomic E-state index is 0.108. The highest BCUT2D eigenvalue weighted by molar-refractivity contribution is 5.83. The van der Waals surface area contributed by atoms with E-state index in [0.717, 1.165) is 0 Å². The molecule has 1 N–H and O–H groups in total. The molecule has 0 aromatic heterocycles. The van der Waals surface area contributed by atoms with Gasteiger partial charge in [0, 0.05) is 12.5 Å². The number of rotatable bonds is 4. The Labute approximate surface area is 72.3 Å². The molecule has 0 aromatic carbocycles. The lowest BCUT2D eigenvalue weighted by atomic mass is 10.1. The lowest BCUT2D eigenvalue weighted by Crippen LogP contribution is -2.30. The van der Waals surface area contributed by atoms with Gasteiger partial charge in [0.25, 0.3) is 0 Å². The molecule has 0 fully saturated rings. The Balaban J connectivity index is 3.78. The molecule has 0 spiro atoms. The maximum absolute atomic E-state index is 11.1. The van der Waals surface area contributed by atoms with E-state index in [9.17, 15) is 9.59 Å². The number of carbonyl (C=O) groups excluding carboxylic acids is 2. The first-order valence-electron chi connectivity index (χ1n) is 3.96. The number of amides is 1. The number of ether oxygens (including phenoxy) is 1.